The molecule has 0 bridgehead atoms. The number of H-pyrrole nitrogens is 1. The molecule has 1 aliphatic carbocycles. The van der Waals surface area contributed by atoms with Crippen LogP contribution in [0.5, 0.6) is 5.75 Å². The van der Waals surface area contributed by atoms with Crippen molar-refractivity contribution in [3.8, 4) is 16.5 Å². The molecule has 1 aromatic carbocycles. The first kappa shape index (κ1) is 42.9. The molecule has 50 heavy (non-hydrogen) atoms. The fourth-order valence-corrected chi connectivity index (χ4v) is 6.09. The van der Waals surface area contributed by atoms with Gasteiger partial charge in [0, 0.05) is 48.6 Å². The minimum Gasteiger partial charge on any atom is -0.497 e. The number of aromatic amines is 1. The number of hydrogen-bond acceptors (Lipinski definition) is 8. The third kappa shape index (κ3) is 14.5. The lowest BCUT2D eigenvalue weighted by atomic mass is 10.1. The molecule has 11 nitrogen and oxygen atoms in total. The molecule has 13 heteroatoms. The fourth-order valence-electron chi connectivity index (χ4n) is 4.96. The quantitative estimate of drug-likeness (QED) is 0.0647. The second-order valence-electron chi connectivity index (χ2n) is 11.9. The summed E-state index contributed by atoms with van der Waals surface area (Å²) < 4.78 is 14.5. The van der Waals surface area contributed by atoms with Crippen LogP contribution >= 0.6 is 34.3 Å². The minimum absolute atomic E-state index is 0.0114. The van der Waals surface area contributed by atoms with Crippen molar-refractivity contribution >= 4 is 57.2 Å². The Labute approximate surface area is 314 Å². The predicted molar refractivity (Wildman–Crippen MR) is 212 cm³/mol. The molecule has 3 aromatic rings. The Morgan fingerprint density at radius 2 is 1.94 bits per heavy atom. The predicted octanol–water partition coefficient (Wildman–Crippen LogP) is 8.12. The van der Waals surface area contributed by atoms with Gasteiger partial charge in [0.25, 0.3) is 0 Å². The molecule has 3 N–H and O–H groups in total. The van der Waals surface area contributed by atoms with Crippen LogP contribution in [0.1, 0.15) is 83.7 Å². The first-order valence-corrected chi connectivity index (χ1v) is 18.9. The maximum atomic E-state index is 12.2. The normalized spacial score (nSPS) is 14.8. The number of nitrogens with one attached hydrogen (secondary N) is 3. The summed E-state index contributed by atoms with van der Waals surface area (Å²) in [5.74, 6) is 1.12. The number of nitrogens with zero attached hydrogens (tertiary/aromatic N) is 2. The molecule has 2 aliphatic rings. The molecule has 0 spiro atoms. The summed E-state index contributed by atoms with van der Waals surface area (Å²) in [7, 11) is 1.61. The zero-order chi connectivity index (χ0) is 36.9. The largest absolute Gasteiger partial charge is 0.497 e. The van der Waals surface area contributed by atoms with Gasteiger partial charge in [-0.1, -0.05) is 26.3 Å². The lowest BCUT2D eigenvalue weighted by molar-refractivity contribution is -0.124. The van der Waals surface area contributed by atoms with Gasteiger partial charge in [0.15, 0.2) is 12.2 Å². The Hall–Kier alpha value is -3.27. The van der Waals surface area contributed by atoms with Gasteiger partial charge in [-0.15, -0.1) is 31.1 Å². The number of thiazole rings is 1. The van der Waals surface area contributed by atoms with Crippen LogP contribution in [0.4, 0.5) is 4.79 Å². The molecule has 276 valence electrons. The zero-order valence-electron chi connectivity index (χ0n) is 29.9. The third-order valence-electron chi connectivity index (χ3n) is 7.81. The Morgan fingerprint density at radius 1 is 1.18 bits per heavy atom. The van der Waals surface area contributed by atoms with Crippen LogP contribution in [-0.2, 0) is 12.6 Å². The number of carbonyl (C=O) groups excluding carboxylic acids is 2. The lowest BCUT2D eigenvalue weighted by Crippen LogP contribution is -2.50. The summed E-state index contributed by atoms with van der Waals surface area (Å²) in [6, 6.07) is 7.00. The number of ether oxygens (including phenoxy) is 2. The van der Waals surface area contributed by atoms with Gasteiger partial charge in [0.1, 0.15) is 39.8 Å². The Bertz CT molecular complexity index is 1520. The van der Waals surface area contributed by atoms with Crippen molar-refractivity contribution in [1.82, 2.24) is 25.5 Å². The van der Waals surface area contributed by atoms with E-state index in [4.69, 9.17) is 9.47 Å². The van der Waals surface area contributed by atoms with E-state index in [-0.39, 0.29) is 23.4 Å². The van der Waals surface area contributed by atoms with E-state index < -0.39 is 0 Å². The van der Waals surface area contributed by atoms with Gasteiger partial charge in [-0.05, 0) is 69.9 Å². The number of rotatable bonds is 14. The molecule has 1 saturated heterocycles. The Balaban J connectivity index is 0.000000287. The molecule has 3 heterocycles. The van der Waals surface area contributed by atoms with Crippen molar-refractivity contribution in [1.29, 1.82) is 0 Å². The third-order valence-corrected chi connectivity index (χ3v) is 8.96. The lowest BCUT2D eigenvalue weighted by Gasteiger charge is -2.24. The molecule has 2 fully saturated rings. The standard InChI is InChI=1S/C16H27N3O2.C16H16N2O2S.C3H7IO2.C2H4/c1-2-3-4-5-6-11-17-16(21)19-12-7-8-14(19)15(20)18-13-9-10-13;1-9(2)14-8-21-16(18-14)13-7-15(19)11-5-4-10(20-3)6-12(11)17-13;1-2-5-3-6-4;1-2/h2,13-14H,1,3-12H2,(H,17,21)(H,18,20);4-9H,1-3H3,(H,17,19);2-3H2,1H3;1-2H2/t14-;;;/m0.../s1. The van der Waals surface area contributed by atoms with Gasteiger partial charge in [0.05, 0.1) is 24.0 Å². The van der Waals surface area contributed by atoms with E-state index in [1.165, 1.54) is 0 Å². The topological polar surface area (TPSA) is 135 Å². The molecule has 1 aliphatic heterocycles. The first-order chi connectivity index (χ1) is 24.2. The van der Waals surface area contributed by atoms with E-state index in [1.807, 2.05) is 24.4 Å². The number of allylic oxidation sites excluding steroid dienone is 1. The molecule has 3 amide bonds. The number of halogens is 1. The van der Waals surface area contributed by atoms with Gasteiger partial charge in [-0.25, -0.2) is 9.78 Å². The van der Waals surface area contributed by atoms with Gasteiger partial charge in [0.2, 0.25) is 5.91 Å². The van der Waals surface area contributed by atoms with E-state index in [0.717, 1.165) is 85.6 Å². The number of benzene rings is 1. The number of hydrogen-bond donors (Lipinski definition) is 3. The average molecular weight is 824 g/mol. The van der Waals surface area contributed by atoms with E-state index in [9.17, 15) is 14.4 Å². The van der Waals surface area contributed by atoms with Crippen molar-refractivity contribution in [2.24, 2.45) is 0 Å². The summed E-state index contributed by atoms with van der Waals surface area (Å²) in [6.07, 6.45) is 10.0. The number of aromatic nitrogens is 2. The van der Waals surface area contributed by atoms with Crippen LogP contribution in [0.2, 0.25) is 0 Å². The molecule has 2 aromatic heterocycles. The van der Waals surface area contributed by atoms with Crippen LogP contribution in [0.15, 0.2) is 60.3 Å². The summed E-state index contributed by atoms with van der Waals surface area (Å²) in [5.41, 5.74) is 2.54. The van der Waals surface area contributed by atoms with Gasteiger partial charge < -0.3 is 30.0 Å². The van der Waals surface area contributed by atoms with Gasteiger partial charge in [-0.2, -0.15) is 0 Å². The van der Waals surface area contributed by atoms with Crippen LogP contribution in [0, 0.1) is 0 Å². The second kappa shape index (κ2) is 24.0. The van der Waals surface area contributed by atoms with Crippen molar-refractivity contribution in [3.05, 3.63) is 71.4 Å². The Morgan fingerprint density at radius 3 is 2.54 bits per heavy atom. The molecular weight excluding hydrogens is 769 g/mol. The molecule has 0 radical (unpaired) electrons. The Kier molecular flexibility index (Phi) is 20.6. The summed E-state index contributed by atoms with van der Waals surface area (Å²) in [6.45, 7) is 18.3. The number of carbonyl (C=O) groups is 2. The SMILES string of the molecule is C=C.C=CCCCCCNC(=O)N1CCC[C@H]1C(=O)NC1CC1.CCOCOI.COc1ccc2c(=O)cc(-c3nc(C(C)C)cs3)[nH]c2c1. The maximum Gasteiger partial charge on any atom is 0.318 e. The van der Waals surface area contributed by atoms with Crippen LogP contribution in [-0.4, -0.2) is 72.5 Å². The van der Waals surface area contributed by atoms with E-state index >= 15 is 0 Å². The summed E-state index contributed by atoms with van der Waals surface area (Å²) in [5, 5.41) is 9.46. The minimum atomic E-state index is -0.272. The van der Waals surface area contributed by atoms with E-state index in [0.29, 0.717) is 37.2 Å². The van der Waals surface area contributed by atoms with Crippen molar-refractivity contribution < 1.29 is 22.1 Å². The highest BCUT2D eigenvalue weighted by atomic mass is 127. The molecule has 1 saturated carbocycles. The molecule has 1 atom stereocenters. The molecule has 0 unspecified atom stereocenters. The van der Waals surface area contributed by atoms with E-state index in [2.05, 4.69) is 57.3 Å². The fraction of sp³-hybridized carbons (Fsp3) is 0.514. The summed E-state index contributed by atoms with van der Waals surface area (Å²) >= 11 is 3.33. The zero-order valence-corrected chi connectivity index (χ0v) is 32.9. The molecular formula is C37H54IN5O6S. The monoisotopic (exact) mass is 823 g/mol. The second-order valence-corrected chi connectivity index (χ2v) is 13.4. The summed E-state index contributed by atoms with van der Waals surface area (Å²) in [4.78, 5) is 46.1. The number of fused-ring (bicyclic) bond motifs is 1. The highest BCUT2D eigenvalue weighted by Crippen LogP contribution is 2.27. The van der Waals surface area contributed by atoms with E-state index in [1.54, 1.807) is 64.6 Å². The van der Waals surface area contributed by atoms with Crippen LogP contribution in [0.25, 0.3) is 21.6 Å². The number of urea groups is 1. The maximum absolute atomic E-state index is 12.2. The highest BCUT2D eigenvalue weighted by molar-refractivity contribution is 14.1. The van der Waals surface area contributed by atoms with Crippen LogP contribution < -0.4 is 20.8 Å². The number of pyridine rings is 1. The number of amides is 3. The van der Waals surface area contributed by atoms with Crippen molar-refractivity contribution in [2.45, 2.75) is 90.1 Å². The van der Waals surface area contributed by atoms with Gasteiger partial charge in [-0.3, -0.25) is 12.7 Å². The van der Waals surface area contributed by atoms with Crippen molar-refractivity contribution in [3.63, 3.8) is 0 Å². The number of unbranched alkanes of at least 4 members (excludes halogenated alkanes) is 3. The number of methoxy groups -OCH3 is 1. The molecule has 5 rings (SSSR count). The van der Waals surface area contributed by atoms with Crippen molar-refractivity contribution in [2.75, 3.05) is 33.6 Å². The smallest absolute Gasteiger partial charge is 0.318 e. The van der Waals surface area contributed by atoms with Crippen LogP contribution in [0.3, 0.4) is 0 Å². The number of likely N-dealkylation sites (tertiary alicyclic amines) is 1. The first-order valence-electron chi connectivity index (χ1n) is 17.2. The average Bonchev–Trinajstić information content (AvgIpc) is 3.56. The highest BCUT2D eigenvalue weighted by Gasteiger charge is 2.36. The van der Waals surface area contributed by atoms with Gasteiger partial charge >= 0.3 is 6.03 Å².